The van der Waals surface area contributed by atoms with Crippen LogP contribution in [0.15, 0.2) is 83.3 Å². The van der Waals surface area contributed by atoms with Gasteiger partial charge in [0.15, 0.2) is 0 Å². The van der Waals surface area contributed by atoms with Gasteiger partial charge in [-0.15, -0.1) is 0 Å². The van der Waals surface area contributed by atoms with Crippen LogP contribution in [0.25, 0.3) is 11.0 Å². The highest BCUT2D eigenvalue weighted by Gasteiger charge is 2.11. The highest BCUT2D eigenvalue weighted by molar-refractivity contribution is 9.10. The van der Waals surface area contributed by atoms with E-state index in [1.165, 1.54) is 5.56 Å². The number of nitrogens with zero attached hydrogens (tertiary/aromatic N) is 2. The molecular weight excluding hydrogens is 426 g/mol. The molecule has 0 spiro atoms. The smallest absolute Gasteiger partial charge is 0.251 e. The molecule has 146 valence electrons. The summed E-state index contributed by atoms with van der Waals surface area (Å²) in [6, 6.07) is 26.1. The average Bonchev–Trinajstić information content (AvgIpc) is 3.11. The molecule has 1 N–H and O–H groups in total. The Morgan fingerprint density at radius 1 is 0.897 bits per heavy atom. The van der Waals surface area contributed by atoms with Gasteiger partial charge in [-0.25, -0.2) is 4.98 Å². The van der Waals surface area contributed by atoms with E-state index in [-0.39, 0.29) is 5.91 Å². The third-order valence-electron chi connectivity index (χ3n) is 4.94. The number of rotatable bonds is 7. The van der Waals surface area contributed by atoms with E-state index in [0.29, 0.717) is 18.5 Å². The van der Waals surface area contributed by atoms with Crippen LogP contribution in [-0.2, 0) is 19.4 Å². The Labute approximate surface area is 178 Å². The van der Waals surface area contributed by atoms with Crippen LogP contribution < -0.4 is 5.32 Å². The van der Waals surface area contributed by atoms with E-state index < -0.39 is 0 Å². The summed E-state index contributed by atoms with van der Waals surface area (Å²) in [5, 5.41) is 3.00. The summed E-state index contributed by atoms with van der Waals surface area (Å²) in [4.78, 5) is 17.2. The number of hydrogen-bond acceptors (Lipinski definition) is 2. The van der Waals surface area contributed by atoms with Crippen LogP contribution in [0, 0.1) is 0 Å². The largest absolute Gasteiger partial charge is 0.352 e. The minimum Gasteiger partial charge on any atom is -0.352 e. The van der Waals surface area contributed by atoms with Gasteiger partial charge in [0, 0.05) is 29.5 Å². The van der Waals surface area contributed by atoms with Gasteiger partial charge >= 0.3 is 0 Å². The molecule has 0 unspecified atom stereocenters. The second-order valence-corrected chi connectivity index (χ2v) is 7.83. The van der Waals surface area contributed by atoms with Crippen LogP contribution in [-0.4, -0.2) is 22.0 Å². The molecule has 4 rings (SSSR count). The summed E-state index contributed by atoms with van der Waals surface area (Å²) in [5.74, 6) is 0.933. The van der Waals surface area contributed by atoms with Crippen LogP contribution >= 0.6 is 15.9 Å². The van der Waals surface area contributed by atoms with Crippen molar-refractivity contribution in [3.05, 3.63) is 100 Å². The molecule has 0 saturated heterocycles. The van der Waals surface area contributed by atoms with Gasteiger partial charge in [-0.1, -0.05) is 58.4 Å². The molecule has 0 aliphatic heterocycles. The molecule has 5 heteroatoms. The number of nitrogens with one attached hydrogen (secondary N) is 1. The predicted octanol–water partition coefficient (Wildman–Crippen LogP) is 5.01. The fourth-order valence-electron chi connectivity index (χ4n) is 3.44. The Morgan fingerprint density at radius 3 is 2.41 bits per heavy atom. The zero-order valence-electron chi connectivity index (χ0n) is 16.0. The van der Waals surface area contributed by atoms with Gasteiger partial charge in [0.2, 0.25) is 0 Å². The zero-order chi connectivity index (χ0) is 20.1. The number of fused-ring (bicyclic) bond motifs is 1. The fraction of sp³-hybridized carbons (Fsp3) is 0.167. The summed E-state index contributed by atoms with van der Waals surface area (Å²) in [6.07, 6.45) is 1.63. The van der Waals surface area contributed by atoms with Gasteiger partial charge in [-0.05, 0) is 48.4 Å². The van der Waals surface area contributed by atoms with Crippen molar-refractivity contribution in [1.82, 2.24) is 14.9 Å². The molecule has 4 aromatic rings. The molecule has 4 nitrogen and oxygen atoms in total. The molecule has 0 saturated carbocycles. The number of carbonyl (C=O) groups is 1. The molecule has 1 amide bonds. The quantitative estimate of drug-likeness (QED) is 0.432. The molecule has 1 aromatic heterocycles. The molecule has 3 aromatic carbocycles. The van der Waals surface area contributed by atoms with Gasteiger partial charge in [-0.2, -0.15) is 0 Å². The second kappa shape index (κ2) is 9.05. The minimum atomic E-state index is -0.0653. The van der Waals surface area contributed by atoms with Crippen molar-refractivity contribution < 1.29 is 4.79 Å². The number of hydrogen-bond donors (Lipinski definition) is 1. The lowest BCUT2D eigenvalue weighted by Gasteiger charge is -2.10. The van der Waals surface area contributed by atoms with E-state index in [9.17, 15) is 4.79 Å². The van der Waals surface area contributed by atoms with E-state index in [4.69, 9.17) is 4.98 Å². The number of carbonyl (C=O) groups excluding carboxylic acids is 1. The SMILES string of the molecule is O=C(NCCc1nc2ccccc2n1CCc1ccccc1)c1ccc(Br)cc1. The fourth-order valence-corrected chi connectivity index (χ4v) is 3.71. The minimum absolute atomic E-state index is 0.0653. The van der Waals surface area contributed by atoms with Crippen molar-refractivity contribution in [2.24, 2.45) is 0 Å². The van der Waals surface area contributed by atoms with Gasteiger partial charge in [-0.3, -0.25) is 4.79 Å². The summed E-state index contributed by atoms with van der Waals surface area (Å²) in [5.41, 5.74) is 4.10. The molecule has 0 radical (unpaired) electrons. The molecular formula is C24H22BrN3O. The van der Waals surface area contributed by atoms with Crippen molar-refractivity contribution in [3.63, 3.8) is 0 Å². The Kier molecular flexibility index (Phi) is 6.06. The lowest BCUT2D eigenvalue weighted by Crippen LogP contribution is -2.26. The Morgan fingerprint density at radius 2 is 1.62 bits per heavy atom. The maximum Gasteiger partial charge on any atom is 0.251 e. The Balaban J connectivity index is 1.46. The molecule has 0 aliphatic carbocycles. The first-order valence-electron chi connectivity index (χ1n) is 9.72. The normalized spacial score (nSPS) is 10.9. The van der Waals surface area contributed by atoms with Crippen LogP contribution in [0.1, 0.15) is 21.7 Å². The van der Waals surface area contributed by atoms with E-state index in [0.717, 1.165) is 34.3 Å². The number of aryl methyl sites for hydroxylation is 2. The van der Waals surface area contributed by atoms with Gasteiger partial charge < -0.3 is 9.88 Å². The Hall–Kier alpha value is -2.92. The predicted molar refractivity (Wildman–Crippen MR) is 120 cm³/mol. The van der Waals surface area contributed by atoms with E-state index in [2.05, 4.69) is 56.1 Å². The molecule has 0 atom stereocenters. The molecule has 1 heterocycles. The second-order valence-electron chi connectivity index (χ2n) is 6.92. The number of imidazole rings is 1. The van der Waals surface area contributed by atoms with Gasteiger partial charge in [0.25, 0.3) is 5.91 Å². The summed E-state index contributed by atoms with van der Waals surface area (Å²) in [7, 11) is 0. The van der Waals surface area contributed by atoms with Crippen LogP contribution in [0.4, 0.5) is 0 Å². The summed E-state index contributed by atoms with van der Waals surface area (Å²) < 4.78 is 3.23. The number of aromatic nitrogens is 2. The van der Waals surface area contributed by atoms with Gasteiger partial charge in [0.1, 0.15) is 5.82 Å². The highest BCUT2D eigenvalue weighted by Crippen LogP contribution is 2.17. The number of para-hydroxylation sites is 2. The van der Waals surface area contributed by atoms with Crippen molar-refractivity contribution in [1.29, 1.82) is 0 Å². The molecule has 0 fully saturated rings. The first kappa shape index (κ1) is 19.4. The van der Waals surface area contributed by atoms with Crippen molar-refractivity contribution >= 4 is 32.9 Å². The third-order valence-corrected chi connectivity index (χ3v) is 5.47. The van der Waals surface area contributed by atoms with E-state index in [1.807, 2.05) is 48.5 Å². The Bertz CT molecular complexity index is 1100. The molecule has 0 aliphatic rings. The van der Waals surface area contributed by atoms with E-state index >= 15 is 0 Å². The third kappa shape index (κ3) is 4.74. The van der Waals surface area contributed by atoms with Crippen LogP contribution in [0.2, 0.25) is 0 Å². The zero-order valence-corrected chi connectivity index (χ0v) is 17.6. The first-order chi connectivity index (χ1) is 14.2. The topological polar surface area (TPSA) is 46.9 Å². The van der Waals surface area contributed by atoms with Crippen molar-refractivity contribution in [2.75, 3.05) is 6.54 Å². The van der Waals surface area contributed by atoms with Crippen molar-refractivity contribution in [3.8, 4) is 0 Å². The number of halogens is 1. The standard InChI is InChI=1S/C24H22BrN3O/c25-20-12-10-19(11-13-20)24(29)26-16-14-23-27-21-8-4-5-9-22(21)28(23)17-15-18-6-2-1-3-7-18/h1-13H,14-17H2,(H,26,29). The van der Waals surface area contributed by atoms with Crippen LogP contribution in [0.3, 0.4) is 0 Å². The lowest BCUT2D eigenvalue weighted by atomic mass is 10.1. The average molecular weight is 448 g/mol. The number of benzene rings is 3. The maximum absolute atomic E-state index is 12.4. The molecule has 0 bridgehead atoms. The highest BCUT2D eigenvalue weighted by atomic mass is 79.9. The van der Waals surface area contributed by atoms with Crippen molar-refractivity contribution in [2.45, 2.75) is 19.4 Å². The summed E-state index contributed by atoms with van der Waals surface area (Å²) in [6.45, 7) is 1.41. The van der Waals surface area contributed by atoms with Crippen LogP contribution in [0.5, 0.6) is 0 Å². The lowest BCUT2D eigenvalue weighted by molar-refractivity contribution is 0.0954. The summed E-state index contributed by atoms with van der Waals surface area (Å²) >= 11 is 3.39. The molecule has 29 heavy (non-hydrogen) atoms. The monoisotopic (exact) mass is 447 g/mol. The van der Waals surface area contributed by atoms with Gasteiger partial charge in [0.05, 0.1) is 11.0 Å². The number of amides is 1. The first-order valence-corrected chi connectivity index (χ1v) is 10.5. The maximum atomic E-state index is 12.4. The van der Waals surface area contributed by atoms with E-state index in [1.54, 1.807) is 0 Å².